The van der Waals surface area contributed by atoms with Crippen molar-refractivity contribution in [2.75, 3.05) is 0 Å². The molecule has 0 radical (unpaired) electrons. The van der Waals surface area contributed by atoms with Crippen LogP contribution in [0.4, 0.5) is 3.89 Å². The Kier molecular flexibility index (Phi) is 2.85. The van der Waals surface area contributed by atoms with Gasteiger partial charge in [0, 0.05) is 6.92 Å². The van der Waals surface area contributed by atoms with Gasteiger partial charge in [-0.25, -0.2) is 0 Å². The number of carbonyl (C=O) groups is 1. The molecular formula is C8H7FO4S. The van der Waals surface area contributed by atoms with Gasteiger partial charge in [-0.15, -0.1) is 3.89 Å². The molecule has 0 saturated carbocycles. The van der Waals surface area contributed by atoms with E-state index in [1.165, 1.54) is 19.1 Å². The number of hydrogen-bond donors (Lipinski definition) is 0. The smallest absolute Gasteiger partial charge is 0.332 e. The van der Waals surface area contributed by atoms with Gasteiger partial charge in [-0.1, -0.05) is 0 Å². The third kappa shape index (κ3) is 2.81. The van der Waals surface area contributed by atoms with Crippen LogP contribution in [-0.2, 0) is 15.0 Å². The third-order valence-electron chi connectivity index (χ3n) is 1.37. The number of rotatable bonds is 2. The van der Waals surface area contributed by atoms with Crippen LogP contribution in [0.2, 0.25) is 0 Å². The predicted octanol–water partition coefficient (Wildman–Crippen LogP) is 1.27. The number of ether oxygens (including phenoxy) is 1. The van der Waals surface area contributed by atoms with Crippen LogP contribution in [0.15, 0.2) is 29.2 Å². The zero-order chi connectivity index (χ0) is 10.8. The largest absolute Gasteiger partial charge is 0.427 e. The molecule has 0 amide bonds. The first-order valence-electron chi connectivity index (χ1n) is 3.63. The van der Waals surface area contributed by atoms with Crippen molar-refractivity contribution in [3.8, 4) is 5.75 Å². The molecule has 0 N–H and O–H groups in total. The fourth-order valence-electron chi connectivity index (χ4n) is 0.836. The Morgan fingerprint density at radius 3 is 2.14 bits per heavy atom. The molecule has 0 aromatic heterocycles. The Bertz CT molecular complexity index is 435. The standard InChI is InChI=1S/C8H7FO4S/c1-6(10)13-7-2-4-8(5-3-7)14(9,11)12/h2-5H,1H3. The van der Waals surface area contributed by atoms with E-state index in [0.717, 1.165) is 12.1 Å². The van der Waals surface area contributed by atoms with Crippen molar-refractivity contribution in [3.63, 3.8) is 0 Å². The van der Waals surface area contributed by atoms with Gasteiger partial charge in [-0.3, -0.25) is 4.79 Å². The molecule has 1 aromatic rings. The van der Waals surface area contributed by atoms with E-state index in [9.17, 15) is 17.1 Å². The topological polar surface area (TPSA) is 60.4 Å². The maximum atomic E-state index is 12.4. The summed E-state index contributed by atoms with van der Waals surface area (Å²) >= 11 is 0. The van der Waals surface area contributed by atoms with Crippen molar-refractivity contribution in [2.45, 2.75) is 11.8 Å². The molecule has 0 saturated heterocycles. The molecule has 0 heterocycles. The lowest BCUT2D eigenvalue weighted by Gasteiger charge is -2.00. The van der Waals surface area contributed by atoms with Gasteiger partial charge in [-0.2, -0.15) is 8.42 Å². The molecule has 0 bridgehead atoms. The summed E-state index contributed by atoms with van der Waals surface area (Å²) in [6.45, 7) is 1.21. The number of carbonyl (C=O) groups excluding carboxylic acids is 1. The van der Waals surface area contributed by atoms with E-state index >= 15 is 0 Å². The number of esters is 1. The molecule has 4 nitrogen and oxygen atoms in total. The number of hydrogen-bond acceptors (Lipinski definition) is 4. The zero-order valence-corrected chi connectivity index (χ0v) is 8.05. The van der Waals surface area contributed by atoms with Crippen molar-refractivity contribution >= 4 is 16.2 Å². The lowest BCUT2D eigenvalue weighted by Crippen LogP contribution is -2.01. The summed E-state index contributed by atoms with van der Waals surface area (Å²) in [5.74, 6) is -0.356. The maximum Gasteiger partial charge on any atom is 0.332 e. The first kappa shape index (κ1) is 10.6. The van der Waals surface area contributed by atoms with Crippen molar-refractivity contribution in [2.24, 2.45) is 0 Å². The van der Waals surface area contributed by atoms with Gasteiger partial charge in [0.2, 0.25) is 0 Å². The summed E-state index contributed by atoms with van der Waals surface area (Å²) in [5.41, 5.74) is 0. The maximum absolute atomic E-state index is 12.4. The second-order valence-electron chi connectivity index (χ2n) is 2.50. The average molecular weight is 218 g/mol. The summed E-state index contributed by atoms with van der Waals surface area (Å²) in [6.07, 6.45) is 0. The molecule has 0 aliphatic carbocycles. The van der Waals surface area contributed by atoms with Gasteiger partial charge in [0.05, 0.1) is 4.90 Å². The molecule has 0 atom stereocenters. The molecule has 0 spiro atoms. The van der Waals surface area contributed by atoms with Crippen molar-refractivity contribution in [1.29, 1.82) is 0 Å². The highest BCUT2D eigenvalue weighted by atomic mass is 32.3. The Labute approximate surface area is 80.5 Å². The van der Waals surface area contributed by atoms with E-state index in [-0.39, 0.29) is 5.75 Å². The van der Waals surface area contributed by atoms with Crippen LogP contribution in [0.25, 0.3) is 0 Å². The average Bonchev–Trinajstić information content (AvgIpc) is 2.02. The van der Waals surface area contributed by atoms with Crippen molar-refractivity contribution in [1.82, 2.24) is 0 Å². The van der Waals surface area contributed by atoms with Crippen LogP contribution >= 0.6 is 0 Å². The van der Waals surface area contributed by atoms with E-state index in [1.54, 1.807) is 0 Å². The minimum absolute atomic E-state index is 0.171. The highest BCUT2D eigenvalue weighted by molar-refractivity contribution is 7.86. The number of benzene rings is 1. The van der Waals surface area contributed by atoms with Crippen LogP contribution in [-0.4, -0.2) is 14.4 Å². The zero-order valence-electron chi connectivity index (χ0n) is 7.23. The molecule has 0 aliphatic heterocycles. The summed E-state index contributed by atoms with van der Waals surface area (Å²) in [7, 11) is -4.69. The van der Waals surface area contributed by atoms with E-state index in [0.29, 0.717) is 0 Å². The summed E-state index contributed by atoms with van der Waals surface area (Å²) in [5, 5.41) is 0. The highest BCUT2D eigenvalue weighted by Crippen LogP contribution is 2.17. The number of halogens is 1. The molecule has 1 aromatic carbocycles. The quantitative estimate of drug-likeness (QED) is 0.426. The van der Waals surface area contributed by atoms with Gasteiger partial charge in [0.25, 0.3) is 0 Å². The molecule has 76 valence electrons. The first-order valence-corrected chi connectivity index (χ1v) is 5.01. The van der Waals surface area contributed by atoms with Gasteiger partial charge in [0.1, 0.15) is 5.75 Å². The van der Waals surface area contributed by atoms with Gasteiger partial charge in [0.15, 0.2) is 0 Å². The van der Waals surface area contributed by atoms with Crippen LogP contribution in [0.3, 0.4) is 0 Å². The molecule has 0 fully saturated rings. The Morgan fingerprint density at radius 1 is 1.29 bits per heavy atom. The van der Waals surface area contributed by atoms with Gasteiger partial charge >= 0.3 is 16.2 Å². The monoisotopic (exact) mass is 218 g/mol. The minimum atomic E-state index is -4.69. The summed E-state index contributed by atoms with van der Waals surface area (Å²) in [4.78, 5) is 10.0. The van der Waals surface area contributed by atoms with E-state index < -0.39 is 21.1 Å². The van der Waals surface area contributed by atoms with E-state index in [2.05, 4.69) is 4.74 Å². The molecule has 6 heteroatoms. The van der Waals surface area contributed by atoms with Crippen LogP contribution < -0.4 is 4.74 Å². The van der Waals surface area contributed by atoms with E-state index in [1.807, 2.05) is 0 Å². The second-order valence-corrected chi connectivity index (χ2v) is 3.85. The SMILES string of the molecule is CC(=O)Oc1ccc(S(=O)(=O)F)cc1. The molecule has 14 heavy (non-hydrogen) atoms. The Hall–Kier alpha value is -1.43. The highest BCUT2D eigenvalue weighted by Gasteiger charge is 2.11. The lowest BCUT2D eigenvalue weighted by molar-refractivity contribution is -0.131. The summed E-state index contributed by atoms with van der Waals surface area (Å²) in [6, 6.07) is 4.45. The fraction of sp³-hybridized carbons (Fsp3) is 0.125. The van der Waals surface area contributed by atoms with Crippen LogP contribution in [0, 0.1) is 0 Å². The third-order valence-corrected chi connectivity index (χ3v) is 2.20. The predicted molar refractivity (Wildman–Crippen MR) is 46.0 cm³/mol. The van der Waals surface area contributed by atoms with Crippen LogP contribution in [0.5, 0.6) is 5.75 Å². The Morgan fingerprint density at radius 2 is 1.79 bits per heavy atom. The first-order chi connectivity index (χ1) is 6.39. The minimum Gasteiger partial charge on any atom is -0.427 e. The fourth-order valence-corrected chi connectivity index (χ4v) is 1.30. The molecule has 1 rings (SSSR count). The van der Waals surface area contributed by atoms with Crippen LogP contribution in [0.1, 0.15) is 6.92 Å². The second kappa shape index (κ2) is 3.75. The van der Waals surface area contributed by atoms with Crippen molar-refractivity contribution < 1.29 is 21.8 Å². The van der Waals surface area contributed by atoms with Gasteiger partial charge in [-0.05, 0) is 24.3 Å². The summed E-state index contributed by atoms with van der Waals surface area (Å²) < 4.78 is 37.8. The van der Waals surface area contributed by atoms with E-state index in [4.69, 9.17) is 0 Å². The molecular weight excluding hydrogens is 211 g/mol. The van der Waals surface area contributed by atoms with Crippen molar-refractivity contribution in [3.05, 3.63) is 24.3 Å². The lowest BCUT2D eigenvalue weighted by atomic mass is 10.3. The molecule has 0 unspecified atom stereocenters. The normalized spacial score (nSPS) is 11.0. The molecule has 0 aliphatic rings. The Balaban J connectivity index is 2.95. The van der Waals surface area contributed by atoms with Gasteiger partial charge < -0.3 is 4.74 Å².